The van der Waals surface area contributed by atoms with Crippen LogP contribution in [0.15, 0.2) is 42.5 Å². The zero-order valence-electron chi connectivity index (χ0n) is 16.8. The zero-order chi connectivity index (χ0) is 20.5. The molecule has 1 N–H and O–H groups in total. The van der Waals surface area contributed by atoms with Crippen molar-refractivity contribution < 1.29 is 14.4 Å². The van der Waals surface area contributed by atoms with E-state index in [2.05, 4.69) is 5.32 Å². The second kappa shape index (κ2) is 7.70. The van der Waals surface area contributed by atoms with Crippen LogP contribution >= 0.6 is 0 Å². The Morgan fingerprint density at radius 1 is 1.10 bits per heavy atom. The number of amides is 3. The molecule has 2 aromatic rings. The maximum atomic E-state index is 12.7. The SMILES string of the molecule is Cc1ccc(C)c(NC(=O)c2ccc(CN3CC(=O)N4CCC[C@H]4C3=O)cc2)c1. The number of nitrogens with zero attached hydrogens (tertiary/aromatic N) is 2. The summed E-state index contributed by atoms with van der Waals surface area (Å²) in [5.74, 6) is -0.119. The number of rotatable bonds is 4. The maximum Gasteiger partial charge on any atom is 0.255 e. The van der Waals surface area contributed by atoms with Crippen molar-refractivity contribution in [3.63, 3.8) is 0 Å². The summed E-state index contributed by atoms with van der Waals surface area (Å²) in [6.07, 6.45) is 1.64. The van der Waals surface area contributed by atoms with Gasteiger partial charge in [0.1, 0.15) is 12.6 Å². The summed E-state index contributed by atoms with van der Waals surface area (Å²) in [5, 5.41) is 2.95. The molecule has 3 amide bonds. The number of nitrogens with one attached hydrogen (secondary N) is 1. The van der Waals surface area contributed by atoms with Gasteiger partial charge in [0.25, 0.3) is 5.91 Å². The van der Waals surface area contributed by atoms with E-state index in [1.54, 1.807) is 21.9 Å². The summed E-state index contributed by atoms with van der Waals surface area (Å²) in [6, 6.07) is 12.9. The van der Waals surface area contributed by atoms with Crippen LogP contribution in [0.25, 0.3) is 0 Å². The molecule has 2 aliphatic rings. The van der Waals surface area contributed by atoms with Gasteiger partial charge < -0.3 is 15.1 Å². The highest BCUT2D eigenvalue weighted by Gasteiger charge is 2.41. The number of fused-ring (bicyclic) bond motifs is 1. The van der Waals surface area contributed by atoms with E-state index in [1.165, 1.54) is 0 Å². The first-order valence-corrected chi connectivity index (χ1v) is 9.98. The van der Waals surface area contributed by atoms with Gasteiger partial charge in [-0.15, -0.1) is 0 Å². The van der Waals surface area contributed by atoms with Gasteiger partial charge in [0.15, 0.2) is 0 Å². The summed E-state index contributed by atoms with van der Waals surface area (Å²) >= 11 is 0. The van der Waals surface area contributed by atoms with Crippen molar-refractivity contribution in [1.29, 1.82) is 0 Å². The summed E-state index contributed by atoms with van der Waals surface area (Å²) in [7, 11) is 0. The predicted molar refractivity (Wildman–Crippen MR) is 110 cm³/mol. The zero-order valence-corrected chi connectivity index (χ0v) is 16.8. The smallest absolute Gasteiger partial charge is 0.255 e. The highest BCUT2D eigenvalue weighted by molar-refractivity contribution is 6.04. The third-order valence-corrected chi connectivity index (χ3v) is 5.73. The molecule has 150 valence electrons. The van der Waals surface area contributed by atoms with Crippen LogP contribution in [-0.2, 0) is 16.1 Å². The second-order valence-electron chi connectivity index (χ2n) is 7.91. The normalized spacial score (nSPS) is 18.8. The Kier molecular flexibility index (Phi) is 5.09. The summed E-state index contributed by atoms with van der Waals surface area (Å²) in [4.78, 5) is 40.8. The van der Waals surface area contributed by atoms with E-state index in [4.69, 9.17) is 0 Å². The number of aryl methyl sites for hydroxylation is 2. The number of carbonyl (C=O) groups is 3. The molecule has 2 saturated heterocycles. The Bertz CT molecular complexity index is 968. The lowest BCUT2D eigenvalue weighted by Gasteiger charge is -2.36. The fourth-order valence-corrected chi connectivity index (χ4v) is 4.05. The Labute approximate surface area is 170 Å². The molecule has 1 atom stereocenters. The van der Waals surface area contributed by atoms with Gasteiger partial charge in [-0.2, -0.15) is 0 Å². The van der Waals surface area contributed by atoms with Crippen molar-refractivity contribution in [3.05, 3.63) is 64.7 Å². The number of carbonyl (C=O) groups excluding carboxylic acids is 3. The minimum atomic E-state index is -0.293. The van der Waals surface area contributed by atoms with Crippen LogP contribution in [-0.4, -0.2) is 46.7 Å². The summed E-state index contributed by atoms with van der Waals surface area (Å²) in [5.41, 5.74) is 4.36. The Morgan fingerprint density at radius 3 is 2.62 bits per heavy atom. The monoisotopic (exact) mass is 391 g/mol. The molecule has 2 aromatic carbocycles. The average molecular weight is 391 g/mol. The molecule has 2 fully saturated rings. The molecule has 0 saturated carbocycles. The molecule has 29 heavy (non-hydrogen) atoms. The molecular weight excluding hydrogens is 366 g/mol. The van der Waals surface area contributed by atoms with E-state index in [0.717, 1.165) is 35.2 Å². The van der Waals surface area contributed by atoms with Crippen LogP contribution in [0.3, 0.4) is 0 Å². The van der Waals surface area contributed by atoms with Crippen molar-refractivity contribution in [1.82, 2.24) is 9.80 Å². The largest absolute Gasteiger partial charge is 0.329 e. The fourth-order valence-electron chi connectivity index (χ4n) is 4.05. The maximum absolute atomic E-state index is 12.7. The summed E-state index contributed by atoms with van der Waals surface area (Å²) < 4.78 is 0. The van der Waals surface area contributed by atoms with Gasteiger partial charge in [0.05, 0.1) is 0 Å². The van der Waals surface area contributed by atoms with Crippen LogP contribution in [0.4, 0.5) is 5.69 Å². The van der Waals surface area contributed by atoms with Gasteiger partial charge in [0, 0.05) is 24.3 Å². The third kappa shape index (κ3) is 3.88. The molecule has 0 bridgehead atoms. The average Bonchev–Trinajstić information content (AvgIpc) is 3.20. The van der Waals surface area contributed by atoms with Crippen LogP contribution < -0.4 is 5.32 Å². The van der Waals surface area contributed by atoms with Crippen molar-refractivity contribution in [2.45, 2.75) is 39.3 Å². The van der Waals surface area contributed by atoms with E-state index in [9.17, 15) is 14.4 Å². The number of hydrogen-bond donors (Lipinski definition) is 1. The van der Waals surface area contributed by atoms with E-state index < -0.39 is 0 Å². The predicted octanol–water partition coefficient (Wildman–Crippen LogP) is 2.89. The van der Waals surface area contributed by atoms with Crippen LogP contribution in [0.2, 0.25) is 0 Å². The lowest BCUT2D eigenvalue weighted by atomic mass is 10.1. The van der Waals surface area contributed by atoms with Gasteiger partial charge in [-0.05, 0) is 61.6 Å². The molecule has 0 spiro atoms. The molecule has 2 heterocycles. The first-order valence-electron chi connectivity index (χ1n) is 9.98. The van der Waals surface area contributed by atoms with Gasteiger partial charge in [0.2, 0.25) is 11.8 Å². The van der Waals surface area contributed by atoms with Gasteiger partial charge >= 0.3 is 0 Å². The molecular formula is C23H25N3O3. The van der Waals surface area contributed by atoms with E-state index in [1.807, 2.05) is 44.2 Å². The molecule has 6 nitrogen and oxygen atoms in total. The standard InChI is InChI=1S/C23H25N3O3/c1-15-5-6-16(2)19(12-15)24-22(28)18-9-7-17(8-10-18)13-25-14-21(27)26-11-3-4-20(26)23(25)29/h5-10,12,20H,3-4,11,13-14H2,1-2H3,(H,24,28)/t20-/m0/s1. The molecule has 0 aliphatic carbocycles. The molecule has 0 radical (unpaired) electrons. The minimum Gasteiger partial charge on any atom is -0.329 e. The van der Waals surface area contributed by atoms with Crippen LogP contribution in [0, 0.1) is 13.8 Å². The number of hydrogen-bond acceptors (Lipinski definition) is 3. The third-order valence-electron chi connectivity index (χ3n) is 5.73. The van der Waals surface area contributed by atoms with Crippen LogP contribution in [0.1, 0.15) is 39.9 Å². The van der Waals surface area contributed by atoms with Gasteiger partial charge in [-0.1, -0.05) is 24.3 Å². The van der Waals surface area contributed by atoms with Crippen molar-refractivity contribution in [2.24, 2.45) is 0 Å². The molecule has 0 unspecified atom stereocenters. The second-order valence-corrected chi connectivity index (χ2v) is 7.91. The lowest BCUT2D eigenvalue weighted by Crippen LogP contribution is -2.56. The van der Waals surface area contributed by atoms with Gasteiger partial charge in [-0.25, -0.2) is 0 Å². The topological polar surface area (TPSA) is 69.7 Å². The van der Waals surface area contributed by atoms with E-state index in [0.29, 0.717) is 18.7 Å². The van der Waals surface area contributed by atoms with Crippen molar-refractivity contribution >= 4 is 23.4 Å². The fraction of sp³-hybridized carbons (Fsp3) is 0.348. The summed E-state index contributed by atoms with van der Waals surface area (Å²) in [6.45, 7) is 5.15. The molecule has 2 aliphatic heterocycles. The number of anilines is 1. The lowest BCUT2D eigenvalue weighted by molar-refractivity contribution is -0.154. The Balaban J connectivity index is 1.42. The Morgan fingerprint density at radius 2 is 1.86 bits per heavy atom. The minimum absolute atomic E-state index is 0.0247. The highest BCUT2D eigenvalue weighted by atomic mass is 16.2. The van der Waals surface area contributed by atoms with Crippen LogP contribution in [0.5, 0.6) is 0 Å². The first kappa shape index (κ1) is 19.2. The van der Waals surface area contributed by atoms with E-state index in [-0.39, 0.29) is 30.3 Å². The number of benzene rings is 2. The van der Waals surface area contributed by atoms with Crippen molar-refractivity contribution in [3.8, 4) is 0 Å². The molecule has 4 rings (SSSR count). The van der Waals surface area contributed by atoms with E-state index >= 15 is 0 Å². The number of piperazine rings is 1. The molecule has 0 aromatic heterocycles. The molecule has 6 heteroatoms. The quantitative estimate of drug-likeness (QED) is 0.871. The Hall–Kier alpha value is -3.15. The highest BCUT2D eigenvalue weighted by Crippen LogP contribution is 2.25. The van der Waals surface area contributed by atoms with Gasteiger partial charge in [-0.3, -0.25) is 14.4 Å². The van der Waals surface area contributed by atoms with Crippen molar-refractivity contribution in [2.75, 3.05) is 18.4 Å². The first-order chi connectivity index (χ1) is 13.9.